The van der Waals surface area contributed by atoms with Gasteiger partial charge in [-0.05, 0) is 13.0 Å². The highest BCUT2D eigenvalue weighted by atomic mass is 16.5. The van der Waals surface area contributed by atoms with Crippen LogP contribution in [0.25, 0.3) is 11.4 Å². The van der Waals surface area contributed by atoms with Gasteiger partial charge >= 0.3 is 0 Å². The first-order chi connectivity index (χ1) is 11.6. The van der Waals surface area contributed by atoms with Crippen LogP contribution in [0.2, 0.25) is 0 Å². The topological polar surface area (TPSA) is 77.0 Å². The van der Waals surface area contributed by atoms with Gasteiger partial charge in [-0.25, -0.2) is 0 Å². The molecule has 3 aromatic rings. The van der Waals surface area contributed by atoms with Crippen LogP contribution in [-0.2, 0) is 7.05 Å². The minimum Gasteiger partial charge on any atom is -0.339 e. The molecule has 1 amide bonds. The van der Waals surface area contributed by atoms with E-state index in [1.165, 1.54) is 0 Å². The fourth-order valence-corrected chi connectivity index (χ4v) is 2.88. The molecule has 122 valence electrons. The Morgan fingerprint density at radius 2 is 2.00 bits per heavy atom. The molecular formula is C17H17N5O2. The highest BCUT2D eigenvalue weighted by Crippen LogP contribution is 2.28. The summed E-state index contributed by atoms with van der Waals surface area (Å²) < 4.78 is 6.98. The van der Waals surface area contributed by atoms with Crippen LogP contribution in [0, 0.1) is 6.92 Å². The third kappa shape index (κ3) is 2.47. The molecule has 1 saturated heterocycles. The Labute approximate surface area is 138 Å². The Bertz CT molecular complexity index is 878. The van der Waals surface area contributed by atoms with Crippen molar-refractivity contribution < 1.29 is 9.32 Å². The first kappa shape index (κ1) is 14.6. The molecule has 4 rings (SSSR count). The summed E-state index contributed by atoms with van der Waals surface area (Å²) in [4.78, 5) is 18.7. The van der Waals surface area contributed by atoms with E-state index >= 15 is 0 Å². The van der Waals surface area contributed by atoms with Crippen LogP contribution in [0.3, 0.4) is 0 Å². The van der Waals surface area contributed by atoms with Crippen LogP contribution in [0.15, 0.2) is 40.9 Å². The zero-order chi connectivity index (χ0) is 16.7. The van der Waals surface area contributed by atoms with E-state index in [0.717, 1.165) is 11.3 Å². The van der Waals surface area contributed by atoms with E-state index in [2.05, 4.69) is 15.2 Å². The number of hydrogen-bond acceptors (Lipinski definition) is 5. The number of aromatic nitrogens is 4. The van der Waals surface area contributed by atoms with Crippen LogP contribution in [0.4, 0.5) is 0 Å². The van der Waals surface area contributed by atoms with Gasteiger partial charge < -0.3 is 9.42 Å². The molecule has 0 bridgehead atoms. The molecule has 1 fully saturated rings. The summed E-state index contributed by atoms with van der Waals surface area (Å²) in [5, 5.41) is 8.25. The SMILES string of the molecule is Cc1cc(C(=O)N2CC(c3nc(-c4ccccc4)no3)C2)n(C)n1. The normalized spacial score (nSPS) is 14.7. The summed E-state index contributed by atoms with van der Waals surface area (Å²) in [6.45, 7) is 3.04. The zero-order valence-corrected chi connectivity index (χ0v) is 13.5. The smallest absolute Gasteiger partial charge is 0.272 e. The average Bonchev–Trinajstić information content (AvgIpc) is 3.13. The lowest BCUT2D eigenvalue weighted by molar-refractivity contribution is 0.0558. The van der Waals surface area contributed by atoms with Crippen molar-refractivity contribution in [3.8, 4) is 11.4 Å². The Balaban J connectivity index is 1.44. The van der Waals surface area contributed by atoms with Gasteiger partial charge in [0.25, 0.3) is 5.91 Å². The maximum atomic E-state index is 12.5. The molecule has 1 aromatic carbocycles. The van der Waals surface area contributed by atoms with Crippen LogP contribution in [0.1, 0.15) is 28.0 Å². The van der Waals surface area contributed by atoms with Gasteiger partial charge in [-0.15, -0.1) is 0 Å². The molecule has 1 aliphatic heterocycles. The number of nitrogens with zero attached hydrogens (tertiary/aromatic N) is 5. The second-order valence-electron chi connectivity index (χ2n) is 6.02. The minimum absolute atomic E-state index is 0.0165. The summed E-state index contributed by atoms with van der Waals surface area (Å²) in [5.74, 6) is 1.24. The number of aryl methyl sites for hydroxylation is 2. The Hall–Kier alpha value is -2.96. The lowest BCUT2D eigenvalue weighted by atomic mass is 9.99. The number of rotatable bonds is 3. The van der Waals surface area contributed by atoms with Gasteiger partial charge in [-0.2, -0.15) is 10.1 Å². The molecule has 0 saturated carbocycles. The van der Waals surface area contributed by atoms with Gasteiger partial charge in [0.2, 0.25) is 11.7 Å². The highest BCUT2D eigenvalue weighted by Gasteiger charge is 2.37. The van der Waals surface area contributed by atoms with Gasteiger partial charge in [0, 0.05) is 25.7 Å². The van der Waals surface area contributed by atoms with Crippen LogP contribution in [0.5, 0.6) is 0 Å². The molecule has 24 heavy (non-hydrogen) atoms. The first-order valence-corrected chi connectivity index (χ1v) is 7.81. The third-order valence-electron chi connectivity index (χ3n) is 4.21. The number of amides is 1. The number of hydrogen-bond donors (Lipinski definition) is 0. The summed E-state index contributed by atoms with van der Waals surface area (Å²) in [7, 11) is 1.78. The number of carbonyl (C=O) groups excluding carboxylic acids is 1. The molecule has 0 atom stereocenters. The molecule has 0 aliphatic carbocycles. The van der Waals surface area contributed by atoms with Gasteiger partial charge in [-0.3, -0.25) is 9.48 Å². The number of benzene rings is 1. The van der Waals surface area contributed by atoms with Gasteiger partial charge in [0.1, 0.15) is 5.69 Å². The molecule has 7 nitrogen and oxygen atoms in total. The van der Waals surface area contributed by atoms with E-state index in [9.17, 15) is 4.79 Å². The van der Waals surface area contributed by atoms with Crippen molar-refractivity contribution in [1.82, 2.24) is 24.8 Å². The standard InChI is InChI=1S/C17H17N5O2/c1-11-8-14(21(2)19-11)17(23)22-9-13(10-22)16-18-15(20-24-16)12-6-4-3-5-7-12/h3-8,13H,9-10H2,1-2H3. The average molecular weight is 323 g/mol. The van der Waals surface area contributed by atoms with Gasteiger partial charge in [-0.1, -0.05) is 35.5 Å². The molecule has 0 spiro atoms. The van der Waals surface area contributed by atoms with Crippen molar-refractivity contribution in [3.05, 3.63) is 53.7 Å². The first-order valence-electron chi connectivity index (χ1n) is 7.81. The Kier molecular flexibility index (Phi) is 3.41. The van der Waals surface area contributed by atoms with E-state index in [4.69, 9.17) is 4.52 Å². The van der Waals surface area contributed by atoms with E-state index in [1.807, 2.05) is 37.3 Å². The Morgan fingerprint density at radius 3 is 2.67 bits per heavy atom. The summed E-state index contributed by atoms with van der Waals surface area (Å²) in [6.07, 6.45) is 0. The fraction of sp³-hybridized carbons (Fsp3) is 0.294. The van der Waals surface area contributed by atoms with Gasteiger partial charge in [0.05, 0.1) is 11.6 Å². The maximum Gasteiger partial charge on any atom is 0.272 e. The van der Waals surface area contributed by atoms with Crippen molar-refractivity contribution in [2.45, 2.75) is 12.8 Å². The predicted molar refractivity (Wildman–Crippen MR) is 86.3 cm³/mol. The molecule has 7 heteroatoms. The molecule has 1 aliphatic rings. The Morgan fingerprint density at radius 1 is 1.25 bits per heavy atom. The van der Waals surface area contributed by atoms with E-state index in [0.29, 0.717) is 30.5 Å². The maximum absolute atomic E-state index is 12.5. The van der Waals surface area contributed by atoms with Crippen molar-refractivity contribution in [1.29, 1.82) is 0 Å². The second-order valence-corrected chi connectivity index (χ2v) is 6.02. The molecule has 3 heterocycles. The van der Waals surface area contributed by atoms with E-state index in [1.54, 1.807) is 22.7 Å². The van der Waals surface area contributed by atoms with Gasteiger partial charge in [0.15, 0.2) is 0 Å². The van der Waals surface area contributed by atoms with Crippen molar-refractivity contribution in [3.63, 3.8) is 0 Å². The quantitative estimate of drug-likeness (QED) is 0.737. The second kappa shape index (κ2) is 5.59. The molecular weight excluding hydrogens is 306 g/mol. The zero-order valence-electron chi connectivity index (χ0n) is 13.5. The molecule has 0 unspecified atom stereocenters. The predicted octanol–water partition coefficient (Wildman–Crippen LogP) is 2.02. The third-order valence-corrected chi connectivity index (χ3v) is 4.21. The van der Waals surface area contributed by atoms with Crippen LogP contribution >= 0.6 is 0 Å². The highest BCUT2D eigenvalue weighted by molar-refractivity contribution is 5.93. The molecule has 0 N–H and O–H groups in total. The largest absolute Gasteiger partial charge is 0.339 e. The minimum atomic E-state index is -0.0165. The fourth-order valence-electron chi connectivity index (χ4n) is 2.88. The summed E-state index contributed by atoms with van der Waals surface area (Å²) in [5.41, 5.74) is 2.36. The lowest BCUT2D eigenvalue weighted by Crippen LogP contribution is -2.49. The van der Waals surface area contributed by atoms with Crippen LogP contribution < -0.4 is 0 Å². The summed E-state index contributed by atoms with van der Waals surface area (Å²) in [6, 6.07) is 11.5. The van der Waals surface area contributed by atoms with E-state index < -0.39 is 0 Å². The molecule has 0 radical (unpaired) electrons. The van der Waals surface area contributed by atoms with Crippen molar-refractivity contribution in [2.75, 3.05) is 13.1 Å². The molecule has 2 aromatic heterocycles. The van der Waals surface area contributed by atoms with Crippen LogP contribution in [-0.4, -0.2) is 43.8 Å². The number of carbonyl (C=O) groups is 1. The summed E-state index contributed by atoms with van der Waals surface area (Å²) >= 11 is 0. The lowest BCUT2D eigenvalue weighted by Gasteiger charge is -2.36. The van der Waals surface area contributed by atoms with E-state index in [-0.39, 0.29) is 11.8 Å². The number of likely N-dealkylation sites (tertiary alicyclic amines) is 1. The van der Waals surface area contributed by atoms with Crippen molar-refractivity contribution >= 4 is 5.91 Å². The van der Waals surface area contributed by atoms with Crippen molar-refractivity contribution in [2.24, 2.45) is 7.05 Å². The monoisotopic (exact) mass is 323 g/mol.